The van der Waals surface area contributed by atoms with Crippen LogP contribution in [0.4, 0.5) is 0 Å². The van der Waals surface area contributed by atoms with Gasteiger partial charge >= 0.3 is 0 Å². The Kier molecular flexibility index (Phi) is 5.26. The first-order valence-corrected chi connectivity index (χ1v) is 6.02. The number of hydrogen-bond donors (Lipinski definition) is 1. The first-order chi connectivity index (χ1) is 7.11. The first kappa shape index (κ1) is 12.7. The minimum absolute atomic E-state index is 0.103. The monoisotopic (exact) mass is 213 g/mol. The van der Waals surface area contributed by atoms with E-state index in [1.54, 1.807) is 6.92 Å². The van der Waals surface area contributed by atoms with E-state index in [0.717, 1.165) is 38.6 Å². The van der Waals surface area contributed by atoms with Crippen LogP contribution < -0.4 is 0 Å². The fourth-order valence-electron chi connectivity index (χ4n) is 2.15. The second-order valence-electron chi connectivity index (χ2n) is 4.70. The summed E-state index contributed by atoms with van der Waals surface area (Å²) >= 11 is 0. The molecule has 1 aliphatic carbocycles. The summed E-state index contributed by atoms with van der Waals surface area (Å²) in [5, 5.41) is 9.21. The van der Waals surface area contributed by atoms with Gasteiger partial charge in [0.2, 0.25) is 0 Å². The number of ketones is 1. The third-order valence-electron chi connectivity index (χ3n) is 3.20. The predicted molar refractivity (Wildman–Crippen MR) is 60.8 cm³/mol. The molecule has 0 heterocycles. The molecular weight excluding hydrogens is 190 g/mol. The van der Waals surface area contributed by atoms with E-state index >= 15 is 0 Å². The lowest BCUT2D eigenvalue weighted by atomic mass is 10.1. The van der Waals surface area contributed by atoms with Gasteiger partial charge in [-0.25, -0.2) is 0 Å². The van der Waals surface area contributed by atoms with Crippen molar-refractivity contribution in [3.8, 4) is 0 Å². The van der Waals surface area contributed by atoms with Crippen LogP contribution in [0.3, 0.4) is 0 Å². The molecule has 3 heteroatoms. The molecular formula is C12H23NO2. The SMILES string of the molecule is CC(O)CCN(C)C1CCCCCC1=O. The number of carbonyl (C=O) groups is 1. The summed E-state index contributed by atoms with van der Waals surface area (Å²) in [6.07, 6.45) is 5.62. The quantitative estimate of drug-likeness (QED) is 0.721. The Labute approximate surface area is 92.5 Å². The highest BCUT2D eigenvalue weighted by Gasteiger charge is 2.24. The molecule has 88 valence electrons. The minimum Gasteiger partial charge on any atom is -0.393 e. The van der Waals surface area contributed by atoms with E-state index in [-0.39, 0.29) is 12.1 Å². The molecule has 0 saturated heterocycles. The topological polar surface area (TPSA) is 40.5 Å². The lowest BCUT2D eigenvalue weighted by molar-refractivity contribution is -0.123. The molecule has 0 bridgehead atoms. The largest absolute Gasteiger partial charge is 0.393 e. The number of aliphatic hydroxyl groups excluding tert-OH is 1. The molecule has 0 aromatic carbocycles. The van der Waals surface area contributed by atoms with Gasteiger partial charge in [-0.1, -0.05) is 12.8 Å². The molecule has 0 aromatic rings. The van der Waals surface area contributed by atoms with Gasteiger partial charge in [0, 0.05) is 13.0 Å². The summed E-state index contributed by atoms with van der Waals surface area (Å²) in [7, 11) is 2.00. The maximum absolute atomic E-state index is 11.8. The van der Waals surface area contributed by atoms with Crippen molar-refractivity contribution in [2.75, 3.05) is 13.6 Å². The number of hydrogen-bond acceptors (Lipinski definition) is 3. The van der Waals surface area contributed by atoms with E-state index in [2.05, 4.69) is 4.90 Å². The molecule has 2 unspecified atom stereocenters. The van der Waals surface area contributed by atoms with E-state index in [1.165, 1.54) is 6.42 Å². The summed E-state index contributed by atoms with van der Waals surface area (Å²) in [4.78, 5) is 13.9. The average molecular weight is 213 g/mol. The highest BCUT2D eigenvalue weighted by atomic mass is 16.3. The fourth-order valence-corrected chi connectivity index (χ4v) is 2.15. The Morgan fingerprint density at radius 2 is 2.20 bits per heavy atom. The van der Waals surface area contributed by atoms with Crippen molar-refractivity contribution in [1.82, 2.24) is 4.90 Å². The Balaban J connectivity index is 2.41. The molecule has 0 spiro atoms. The van der Waals surface area contributed by atoms with Crippen LogP contribution in [0.1, 0.15) is 45.4 Å². The molecule has 1 saturated carbocycles. The average Bonchev–Trinajstić information content (AvgIpc) is 2.39. The van der Waals surface area contributed by atoms with Gasteiger partial charge in [-0.15, -0.1) is 0 Å². The van der Waals surface area contributed by atoms with E-state index in [4.69, 9.17) is 0 Å². The zero-order chi connectivity index (χ0) is 11.3. The maximum Gasteiger partial charge on any atom is 0.149 e. The molecule has 15 heavy (non-hydrogen) atoms. The highest BCUT2D eigenvalue weighted by Crippen LogP contribution is 2.18. The Hall–Kier alpha value is -0.410. The third-order valence-corrected chi connectivity index (χ3v) is 3.20. The van der Waals surface area contributed by atoms with Crippen molar-refractivity contribution in [2.24, 2.45) is 0 Å². The van der Waals surface area contributed by atoms with Crippen molar-refractivity contribution >= 4 is 5.78 Å². The number of rotatable bonds is 4. The highest BCUT2D eigenvalue weighted by molar-refractivity contribution is 5.84. The lowest BCUT2D eigenvalue weighted by Gasteiger charge is -2.26. The summed E-state index contributed by atoms with van der Waals surface area (Å²) < 4.78 is 0. The van der Waals surface area contributed by atoms with Gasteiger partial charge in [-0.3, -0.25) is 9.69 Å². The summed E-state index contributed by atoms with van der Waals surface area (Å²) in [6.45, 7) is 2.61. The molecule has 0 radical (unpaired) electrons. The summed E-state index contributed by atoms with van der Waals surface area (Å²) in [5.74, 6) is 0.389. The predicted octanol–water partition coefficient (Wildman–Crippen LogP) is 1.59. The zero-order valence-electron chi connectivity index (χ0n) is 9.91. The molecule has 1 fully saturated rings. The Morgan fingerprint density at radius 1 is 1.47 bits per heavy atom. The number of nitrogens with zero attached hydrogens (tertiary/aromatic N) is 1. The molecule has 3 nitrogen and oxygen atoms in total. The Morgan fingerprint density at radius 3 is 2.87 bits per heavy atom. The normalized spacial score (nSPS) is 25.3. The standard InChI is InChI=1S/C12H23NO2/c1-10(14)8-9-13(2)11-6-4-3-5-7-12(11)15/h10-11,14H,3-9H2,1-2H3. The number of carbonyl (C=O) groups excluding carboxylic acids is 1. The number of likely N-dealkylation sites (N-methyl/N-ethyl adjacent to an activating group) is 1. The first-order valence-electron chi connectivity index (χ1n) is 6.02. The molecule has 0 amide bonds. The van der Waals surface area contributed by atoms with Gasteiger partial charge in [0.05, 0.1) is 12.1 Å². The minimum atomic E-state index is -0.270. The van der Waals surface area contributed by atoms with Crippen LogP contribution in [0.5, 0.6) is 0 Å². The van der Waals surface area contributed by atoms with Crippen molar-refractivity contribution in [2.45, 2.75) is 57.6 Å². The van der Waals surface area contributed by atoms with Crippen molar-refractivity contribution in [1.29, 1.82) is 0 Å². The van der Waals surface area contributed by atoms with Crippen LogP contribution in [0.2, 0.25) is 0 Å². The van der Waals surface area contributed by atoms with Gasteiger partial charge in [-0.2, -0.15) is 0 Å². The van der Waals surface area contributed by atoms with E-state index < -0.39 is 0 Å². The van der Waals surface area contributed by atoms with Crippen LogP contribution in [-0.4, -0.2) is 41.5 Å². The number of Topliss-reactive ketones (excluding diaryl/α,β-unsaturated/α-hetero) is 1. The van der Waals surface area contributed by atoms with Crippen LogP contribution in [-0.2, 0) is 4.79 Å². The summed E-state index contributed by atoms with van der Waals surface area (Å²) in [5.41, 5.74) is 0. The van der Waals surface area contributed by atoms with E-state index in [0.29, 0.717) is 5.78 Å². The molecule has 1 aliphatic rings. The van der Waals surface area contributed by atoms with Crippen molar-refractivity contribution < 1.29 is 9.90 Å². The molecule has 0 aliphatic heterocycles. The van der Waals surface area contributed by atoms with Crippen LogP contribution in [0.25, 0.3) is 0 Å². The van der Waals surface area contributed by atoms with Crippen LogP contribution >= 0.6 is 0 Å². The fraction of sp³-hybridized carbons (Fsp3) is 0.917. The van der Waals surface area contributed by atoms with Gasteiger partial charge in [0.1, 0.15) is 5.78 Å². The summed E-state index contributed by atoms with van der Waals surface area (Å²) in [6, 6.07) is 0.103. The van der Waals surface area contributed by atoms with Gasteiger partial charge < -0.3 is 5.11 Å². The lowest BCUT2D eigenvalue weighted by Crippen LogP contribution is -2.39. The third kappa shape index (κ3) is 4.31. The maximum atomic E-state index is 11.8. The zero-order valence-corrected chi connectivity index (χ0v) is 9.91. The van der Waals surface area contributed by atoms with E-state index in [1.807, 2.05) is 7.05 Å². The Bertz CT molecular complexity index is 204. The van der Waals surface area contributed by atoms with Crippen molar-refractivity contribution in [3.63, 3.8) is 0 Å². The van der Waals surface area contributed by atoms with Crippen LogP contribution in [0, 0.1) is 0 Å². The van der Waals surface area contributed by atoms with Gasteiger partial charge in [-0.05, 0) is 33.2 Å². The molecule has 1 rings (SSSR count). The second-order valence-corrected chi connectivity index (χ2v) is 4.70. The molecule has 1 N–H and O–H groups in total. The second kappa shape index (κ2) is 6.23. The molecule has 0 aromatic heterocycles. The molecule has 2 atom stereocenters. The van der Waals surface area contributed by atoms with Crippen LogP contribution in [0.15, 0.2) is 0 Å². The van der Waals surface area contributed by atoms with E-state index in [9.17, 15) is 9.90 Å². The number of aliphatic hydroxyl groups is 1. The van der Waals surface area contributed by atoms with Crippen molar-refractivity contribution in [3.05, 3.63) is 0 Å². The van der Waals surface area contributed by atoms with Gasteiger partial charge in [0.15, 0.2) is 0 Å². The smallest absolute Gasteiger partial charge is 0.149 e. The van der Waals surface area contributed by atoms with Gasteiger partial charge in [0.25, 0.3) is 0 Å².